The number of rotatable bonds is 6. The third kappa shape index (κ3) is 4.49. The fourth-order valence-electron chi connectivity index (χ4n) is 2.97. The van der Waals surface area contributed by atoms with Gasteiger partial charge in [0.1, 0.15) is 12.0 Å². The molecule has 0 fully saturated rings. The molecule has 0 aliphatic carbocycles. The number of carbonyl (C=O) groups excluding carboxylic acids is 2. The van der Waals surface area contributed by atoms with E-state index in [-0.39, 0.29) is 36.1 Å². The smallest absolute Gasteiger partial charge is 0.337 e. The van der Waals surface area contributed by atoms with Crippen molar-refractivity contribution >= 4 is 40.9 Å². The predicted octanol–water partition coefficient (Wildman–Crippen LogP) is 3.64. The van der Waals surface area contributed by atoms with Crippen molar-refractivity contribution in [2.45, 2.75) is 19.8 Å². The second kappa shape index (κ2) is 9.54. The van der Waals surface area contributed by atoms with Gasteiger partial charge in [-0.1, -0.05) is 23.7 Å². The summed E-state index contributed by atoms with van der Waals surface area (Å²) in [5, 5.41) is 9.95. The number of esters is 2. The van der Waals surface area contributed by atoms with Gasteiger partial charge in [0, 0.05) is 16.7 Å². The number of carbonyl (C=O) groups is 2. The summed E-state index contributed by atoms with van der Waals surface area (Å²) in [5.41, 5.74) is 0.682. The van der Waals surface area contributed by atoms with Gasteiger partial charge in [0.15, 0.2) is 5.70 Å². The summed E-state index contributed by atoms with van der Waals surface area (Å²) in [6.07, 6.45) is 0. The Kier molecular flexibility index (Phi) is 7.40. The first-order chi connectivity index (χ1) is 13.0. The molecule has 1 aromatic carbocycles. The average molecular weight is 409 g/mol. The number of halogens is 2. The first-order valence-corrected chi connectivity index (χ1v) is 9.26. The van der Waals surface area contributed by atoms with Gasteiger partial charge in [-0.15, -0.1) is 11.6 Å². The highest BCUT2D eigenvalue weighted by atomic mass is 35.5. The van der Waals surface area contributed by atoms with Crippen molar-refractivity contribution in [3.63, 3.8) is 0 Å². The number of ether oxygens (including phenoxy) is 2. The third-order valence-corrected chi connectivity index (χ3v) is 4.51. The van der Waals surface area contributed by atoms with E-state index in [4.69, 9.17) is 32.7 Å². The zero-order valence-corrected chi connectivity index (χ0v) is 16.4. The summed E-state index contributed by atoms with van der Waals surface area (Å²) in [6.45, 7) is 3.59. The molecule has 0 spiro atoms. The van der Waals surface area contributed by atoms with Crippen LogP contribution in [0.15, 0.2) is 40.5 Å². The average Bonchev–Trinajstić information content (AvgIpc) is 2.66. The number of nitriles is 1. The Bertz CT molecular complexity index is 842. The molecule has 142 valence electrons. The molecule has 1 aromatic rings. The van der Waals surface area contributed by atoms with Crippen LogP contribution in [0.1, 0.15) is 25.3 Å². The number of hydrogen-bond donors (Lipinski definition) is 0. The highest BCUT2D eigenvalue weighted by Gasteiger charge is 2.44. The van der Waals surface area contributed by atoms with Crippen LogP contribution in [0.2, 0.25) is 5.02 Å². The van der Waals surface area contributed by atoms with Crippen molar-refractivity contribution in [2.24, 2.45) is 10.9 Å². The lowest BCUT2D eigenvalue weighted by molar-refractivity contribution is -0.146. The van der Waals surface area contributed by atoms with Gasteiger partial charge in [-0.2, -0.15) is 5.26 Å². The van der Waals surface area contributed by atoms with Crippen molar-refractivity contribution in [2.75, 3.05) is 19.1 Å². The van der Waals surface area contributed by atoms with Gasteiger partial charge in [-0.25, -0.2) is 9.79 Å². The van der Waals surface area contributed by atoms with E-state index in [9.17, 15) is 14.9 Å². The molecule has 0 aromatic heterocycles. The summed E-state index contributed by atoms with van der Waals surface area (Å²) in [4.78, 5) is 29.5. The minimum absolute atomic E-state index is 0.00598. The maximum absolute atomic E-state index is 12.7. The number of allylic oxidation sites excluding steroid dienone is 1. The van der Waals surface area contributed by atoms with Crippen LogP contribution in [-0.4, -0.2) is 36.7 Å². The molecular weight excluding hydrogens is 391 g/mol. The van der Waals surface area contributed by atoms with Crippen LogP contribution < -0.4 is 0 Å². The molecule has 6 nitrogen and oxygen atoms in total. The molecule has 0 amide bonds. The summed E-state index contributed by atoms with van der Waals surface area (Å²) in [7, 11) is 0. The quantitative estimate of drug-likeness (QED) is 0.529. The minimum atomic E-state index is -0.961. The Morgan fingerprint density at radius 1 is 1.26 bits per heavy atom. The topological polar surface area (TPSA) is 88.8 Å². The SMILES string of the molecule is CCOC(=O)C1=C(C#N)N=C(CCl)C(C(=O)OCC)C1c1cccc(Cl)c1. The van der Waals surface area contributed by atoms with E-state index < -0.39 is 23.8 Å². The van der Waals surface area contributed by atoms with Crippen LogP contribution in [0.25, 0.3) is 0 Å². The molecular formula is C19H18Cl2N2O4. The standard InChI is InChI=1S/C19H18Cl2N2O4/c1-3-26-18(24)16-13(9-20)23-14(10-22)17(19(25)27-4-2)15(16)11-6-5-7-12(21)8-11/h5-8,15-16H,3-4,9H2,1-2H3. The maximum atomic E-state index is 12.7. The van der Waals surface area contributed by atoms with Gasteiger partial charge in [0.05, 0.1) is 24.7 Å². The van der Waals surface area contributed by atoms with E-state index in [1.807, 2.05) is 6.07 Å². The summed E-state index contributed by atoms with van der Waals surface area (Å²) < 4.78 is 10.3. The van der Waals surface area contributed by atoms with E-state index >= 15 is 0 Å². The molecule has 1 heterocycles. The maximum Gasteiger partial charge on any atom is 0.337 e. The highest BCUT2D eigenvalue weighted by molar-refractivity contribution is 6.31. The Morgan fingerprint density at radius 2 is 1.96 bits per heavy atom. The summed E-state index contributed by atoms with van der Waals surface area (Å²) in [6, 6.07) is 8.62. The van der Waals surface area contributed by atoms with Gasteiger partial charge < -0.3 is 9.47 Å². The Balaban J connectivity index is 2.74. The highest BCUT2D eigenvalue weighted by Crippen LogP contribution is 2.41. The van der Waals surface area contributed by atoms with Gasteiger partial charge in [-0.3, -0.25) is 4.79 Å². The lowest BCUT2D eigenvalue weighted by atomic mass is 9.75. The van der Waals surface area contributed by atoms with Crippen LogP contribution in [0.5, 0.6) is 0 Å². The molecule has 1 aliphatic rings. The first kappa shape index (κ1) is 20.9. The van der Waals surface area contributed by atoms with Gasteiger partial charge in [-0.05, 0) is 31.5 Å². The lowest BCUT2D eigenvalue weighted by Crippen LogP contribution is -2.38. The molecule has 1 aliphatic heterocycles. The van der Waals surface area contributed by atoms with Crippen molar-refractivity contribution in [3.8, 4) is 6.07 Å². The number of hydrogen-bond acceptors (Lipinski definition) is 6. The number of benzene rings is 1. The monoisotopic (exact) mass is 408 g/mol. The van der Waals surface area contributed by atoms with Crippen molar-refractivity contribution < 1.29 is 19.1 Å². The predicted molar refractivity (Wildman–Crippen MR) is 102 cm³/mol. The molecule has 2 atom stereocenters. The molecule has 0 radical (unpaired) electrons. The molecule has 27 heavy (non-hydrogen) atoms. The molecule has 2 unspecified atom stereocenters. The largest absolute Gasteiger partial charge is 0.465 e. The van der Waals surface area contributed by atoms with Gasteiger partial charge in [0.2, 0.25) is 0 Å². The number of aliphatic imine (C=N–C) groups is 1. The fourth-order valence-corrected chi connectivity index (χ4v) is 3.40. The van der Waals surface area contributed by atoms with Crippen LogP contribution >= 0.6 is 23.2 Å². The number of alkyl halides is 1. The summed E-state index contributed by atoms with van der Waals surface area (Å²) >= 11 is 12.1. The molecule has 0 N–H and O–H groups in total. The summed E-state index contributed by atoms with van der Waals surface area (Å²) in [5.74, 6) is -3.20. The Morgan fingerprint density at radius 3 is 2.52 bits per heavy atom. The van der Waals surface area contributed by atoms with Gasteiger partial charge in [0.25, 0.3) is 0 Å². The second-order valence-corrected chi connectivity index (χ2v) is 6.30. The fraction of sp³-hybridized carbons (Fsp3) is 0.368. The van der Waals surface area contributed by atoms with Crippen LogP contribution in [0, 0.1) is 17.2 Å². The van der Waals surface area contributed by atoms with E-state index in [1.165, 1.54) is 0 Å². The zero-order chi connectivity index (χ0) is 20.0. The Hall–Kier alpha value is -2.36. The van der Waals surface area contributed by atoms with E-state index in [1.54, 1.807) is 38.1 Å². The van der Waals surface area contributed by atoms with Crippen LogP contribution in [-0.2, 0) is 19.1 Å². The second-order valence-electron chi connectivity index (χ2n) is 5.59. The van der Waals surface area contributed by atoms with Crippen molar-refractivity contribution in [3.05, 3.63) is 46.1 Å². The third-order valence-electron chi connectivity index (χ3n) is 4.00. The van der Waals surface area contributed by atoms with Crippen molar-refractivity contribution in [1.29, 1.82) is 5.26 Å². The molecule has 0 saturated carbocycles. The van der Waals surface area contributed by atoms with Crippen molar-refractivity contribution in [1.82, 2.24) is 0 Å². The van der Waals surface area contributed by atoms with Gasteiger partial charge >= 0.3 is 11.9 Å². The number of nitrogens with zero attached hydrogens (tertiary/aromatic N) is 2. The minimum Gasteiger partial charge on any atom is -0.465 e. The van der Waals surface area contributed by atoms with E-state index in [2.05, 4.69) is 4.99 Å². The Labute approximate surface area is 167 Å². The molecule has 0 bridgehead atoms. The molecule has 0 saturated heterocycles. The van der Waals surface area contributed by atoms with Crippen LogP contribution in [0.3, 0.4) is 0 Å². The van der Waals surface area contributed by atoms with E-state index in [0.717, 1.165) is 0 Å². The lowest BCUT2D eigenvalue weighted by Gasteiger charge is -2.31. The molecule has 8 heteroatoms. The van der Waals surface area contributed by atoms with Crippen LogP contribution in [0.4, 0.5) is 0 Å². The normalized spacial score (nSPS) is 19.1. The first-order valence-electron chi connectivity index (χ1n) is 8.35. The zero-order valence-electron chi connectivity index (χ0n) is 14.9. The molecule has 2 rings (SSSR count). The van der Waals surface area contributed by atoms with E-state index in [0.29, 0.717) is 10.6 Å².